The Hall–Kier alpha value is -2.43. The quantitative estimate of drug-likeness (QED) is 0.904. The first-order valence-electron chi connectivity index (χ1n) is 8.96. The maximum absolute atomic E-state index is 13.6. The maximum atomic E-state index is 13.6. The number of rotatable bonds is 5. The van der Waals surface area contributed by atoms with E-state index >= 15 is 0 Å². The van der Waals surface area contributed by atoms with E-state index in [1.165, 1.54) is 31.7 Å². The summed E-state index contributed by atoms with van der Waals surface area (Å²) in [6.07, 6.45) is 7.06. The Balaban J connectivity index is 1.58. The molecule has 132 valence electrons. The molecule has 25 heavy (non-hydrogen) atoms. The second kappa shape index (κ2) is 8.60. The summed E-state index contributed by atoms with van der Waals surface area (Å²) in [4.78, 5) is 18.8. The first-order chi connectivity index (χ1) is 12.2. The Morgan fingerprint density at radius 3 is 2.64 bits per heavy atom. The van der Waals surface area contributed by atoms with Crippen LogP contribution < -0.4 is 10.2 Å². The van der Waals surface area contributed by atoms with Crippen LogP contribution in [-0.4, -0.2) is 30.5 Å². The highest BCUT2D eigenvalue weighted by Crippen LogP contribution is 2.19. The van der Waals surface area contributed by atoms with E-state index in [9.17, 15) is 9.18 Å². The summed E-state index contributed by atoms with van der Waals surface area (Å²) < 4.78 is 13.6. The molecule has 0 atom stereocenters. The Bertz CT molecular complexity index is 712. The van der Waals surface area contributed by atoms with E-state index in [4.69, 9.17) is 0 Å². The number of anilines is 1. The van der Waals surface area contributed by atoms with Crippen LogP contribution in [0.15, 0.2) is 42.6 Å². The van der Waals surface area contributed by atoms with Gasteiger partial charge in [-0.3, -0.25) is 9.78 Å². The molecule has 0 spiro atoms. The Morgan fingerprint density at radius 1 is 1.12 bits per heavy atom. The van der Waals surface area contributed by atoms with Gasteiger partial charge in [-0.25, -0.2) is 4.39 Å². The molecule has 5 heteroatoms. The monoisotopic (exact) mass is 341 g/mol. The van der Waals surface area contributed by atoms with Crippen molar-refractivity contribution in [3.8, 4) is 0 Å². The smallest absolute Gasteiger partial charge is 0.269 e. The minimum absolute atomic E-state index is 0.215. The molecule has 0 radical (unpaired) electrons. The van der Waals surface area contributed by atoms with Crippen molar-refractivity contribution < 1.29 is 9.18 Å². The fourth-order valence-electron chi connectivity index (χ4n) is 3.17. The van der Waals surface area contributed by atoms with E-state index < -0.39 is 0 Å². The van der Waals surface area contributed by atoms with Crippen LogP contribution in [0.2, 0.25) is 0 Å². The second-order valence-electron chi connectivity index (χ2n) is 6.40. The van der Waals surface area contributed by atoms with Crippen LogP contribution in [0, 0.1) is 5.82 Å². The lowest BCUT2D eigenvalue weighted by atomic mass is 10.1. The van der Waals surface area contributed by atoms with Gasteiger partial charge in [-0.05, 0) is 43.0 Å². The van der Waals surface area contributed by atoms with Crippen molar-refractivity contribution in [1.82, 2.24) is 10.3 Å². The molecule has 1 aliphatic heterocycles. The Labute approximate surface area is 148 Å². The van der Waals surface area contributed by atoms with Gasteiger partial charge < -0.3 is 10.2 Å². The minimum atomic E-state index is -0.238. The summed E-state index contributed by atoms with van der Waals surface area (Å²) in [7, 11) is 0. The molecule has 1 saturated heterocycles. The summed E-state index contributed by atoms with van der Waals surface area (Å²) in [6, 6.07) is 10.4. The summed E-state index contributed by atoms with van der Waals surface area (Å²) in [5.41, 5.74) is 2.07. The number of aromatic nitrogens is 1. The van der Waals surface area contributed by atoms with Gasteiger partial charge in [0.05, 0.1) is 0 Å². The number of carbonyl (C=O) groups excluding carboxylic acids is 1. The average Bonchev–Trinajstić information content (AvgIpc) is 2.93. The van der Waals surface area contributed by atoms with Crippen LogP contribution >= 0.6 is 0 Å². The van der Waals surface area contributed by atoms with Gasteiger partial charge in [0.2, 0.25) is 0 Å². The number of halogens is 1. The number of amides is 1. The van der Waals surface area contributed by atoms with E-state index in [-0.39, 0.29) is 11.7 Å². The third-order valence-corrected chi connectivity index (χ3v) is 4.59. The van der Waals surface area contributed by atoms with Crippen LogP contribution in [-0.2, 0) is 6.42 Å². The molecule has 1 aromatic heterocycles. The van der Waals surface area contributed by atoms with Crippen molar-refractivity contribution in [2.75, 3.05) is 24.5 Å². The Kier molecular flexibility index (Phi) is 5.99. The predicted octanol–water partition coefficient (Wildman–Crippen LogP) is 3.57. The summed E-state index contributed by atoms with van der Waals surface area (Å²) in [5.74, 6) is -0.453. The number of nitrogens with one attached hydrogen (secondary N) is 1. The molecule has 2 aromatic rings. The van der Waals surface area contributed by atoms with Crippen molar-refractivity contribution in [3.05, 3.63) is 59.7 Å². The number of nitrogens with zero attached hydrogens (tertiary/aromatic N) is 2. The number of benzene rings is 1. The predicted molar refractivity (Wildman–Crippen MR) is 97.4 cm³/mol. The van der Waals surface area contributed by atoms with E-state index in [0.29, 0.717) is 24.2 Å². The fraction of sp³-hybridized carbons (Fsp3) is 0.400. The molecule has 0 saturated carbocycles. The summed E-state index contributed by atoms with van der Waals surface area (Å²) in [6.45, 7) is 2.44. The van der Waals surface area contributed by atoms with Crippen LogP contribution in [0.3, 0.4) is 0 Å². The highest BCUT2D eigenvalue weighted by atomic mass is 19.1. The lowest BCUT2D eigenvalue weighted by Gasteiger charge is -2.22. The van der Waals surface area contributed by atoms with Gasteiger partial charge in [0.15, 0.2) is 0 Å². The summed E-state index contributed by atoms with van der Waals surface area (Å²) >= 11 is 0. The lowest BCUT2D eigenvalue weighted by molar-refractivity contribution is 0.0949. The molecule has 1 fully saturated rings. The van der Waals surface area contributed by atoms with E-state index in [2.05, 4.69) is 15.2 Å². The van der Waals surface area contributed by atoms with Crippen LogP contribution in [0.4, 0.5) is 10.1 Å². The molecule has 1 aromatic carbocycles. The molecule has 1 aliphatic rings. The first kappa shape index (κ1) is 17.4. The standard InChI is InChI=1S/C20H24FN3O/c21-18-8-4-3-7-16(18)9-11-23-20(25)19-15-17(10-12-22-19)24-13-5-1-2-6-14-24/h3-4,7-8,10,12,15H,1-2,5-6,9,11,13-14H2,(H,23,25). The number of hydrogen-bond acceptors (Lipinski definition) is 3. The Morgan fingerprint density at radius 2 is 1.88 bits per heavy atom. The number of carbonyl (C=O) groups is 1. The van der Waals surface area contributed by atoms with Crippen molar-refractivity contribution in [1.29, 1.82) is 0 Å². The van der Waals surface area contributed by atoms with Gasteiger partial charge >= 0.3 is 0 Å². The summed E-state index contributed by atoms with van der Waals surface area (Å²) in [5, 5.41) is 2.83. The van der Waals surface area contributed by atoms with Crippen LogP contribution in [0.5, 0.6) is 0 Å². The largest absolute Gasteiger partial charge is 0.371 e. The second-order valence-corrected chi connectivity index (χ2v) is 6.40. The normalized spacial score (nSPS) is 14.8. The molecular formula is C20H24FN3O. The van der Waals surface area contributed by atoms with Crippen molar-refractivity contribution in [3.63, 3.8) is 0 Å². The van der Waals surface area contributed by atoms with Gasteiger partial charge in [-0.1, -0.05) is 31.0 Å². The molecule has 0 aliphatic carbocycles. The molecule has 4 nitrogen and oxygen atoms in total. The molecule has 0 bridgehead atoms. The van der Waals surface area contributed by atoms with Crippen molar-refractivity contribution >= 4 is 11.6 Å². The molecular weight excluding hydrogens is 317 g/mol. The van der Waals surface area contributed by atoms with Crippen LogP contribution in [0.25, 0.3) is 0 Å². The first-order valence-corrected chi connectivity index (χ1v) is 8.96. The topological polar surface area (TPSA) is 45.2 Å². The van der Waals surface area contributed by atoms with E-state index in [1.807, 2.05) is 12.1 Å². The highest BCUT2D eigenvalue weighted by Gasteiger charge is 2.13. The van der Waals surface area contributed by atoms with Gasteiger partial charge in [0.1, 0.15) is 11.5 Å². The molecule has 0 unspecified atom stereocenters. The molecule has 1 N–H and O–H groups in total. The van der Waals surface area contributed by atoms with E-state index in [0.717, 1.165) is 18.8 Å². The molecule has 2 heterocycles. The van der Waals surface area contributed by atoms with Gasteiger partial charge in [0.25, 0.3) is 5.91 Å². The third kappa shape index (κ3) is 4.78. The van der Waals surface area contributed by atoms with E-state index in [1.54, 1.807) is 24.4 Å². The minimum Gasteiger partial charge on any atom is -0.371 e. The number of hydrogen-bond donors (Lipinski definition) is 1. The SMILES string of the molecule is O=C(NCCc1ccccc1F)c1cc(N2CCCCCC2)ccn1. The van der Waals surface area contributed by atoms with Crippen LogP contribution in [0.1, 0.15) is 41.7 Å². The zero-order valence-electron chi connectivity index (χ0n) is 14.4. The zero-order chi connectivity index (χ0) is 17.5. The fourth-order valence-corrected chi connectivity index (χ4v) is 3.17. The molecule has 1 amide bonds. The third-order valence-electron chi connectivity index (χ3n) is 4.59. The van der Waals surface area contributed by atoms with Gasteiger partial charge in [-0.2, -0.15) is 0 Å². The lowest BCUT2D eigenvalue weighted by Crippen LogP contribution is -2.28. The average molecular weight is 341 g/mol. The van der Waals surface area contributed by atoms with Crippen molar-refractivity contribution in [2.24, 2.45) is 0 Å². The maximum Gasteiger partial charge on any atom is 0.269 e. The zero-order valence-corrected chi connectivity index (χ0v) is 14.4. The molecule has 3 rings (SSSR count). The van der Waals surface area contributed by atoms with Crippen molar-refractivity contribution in [2.45, 2.75) is 32.1 Å². The highest BCUT2D eigenvalue weighted by molar-refractivity contribution is 5.93. The van der Waals surface area contributed by atoms with Gasteiger partial charge in [0, 0.05) is 31.5 Å². The van der Waals surface area contributed by atoms with Gasteiger partial charge in [-0.15, -0.1) is 0 Å². The number of pyridine rings is 1.